The number of aliphatic carboxylic acids is 1. The maximum atomic E-state index is 10.8. The van der Waals surface area contributed by atoms with Gasteiger partial charge in [0.05, 0.1) is 6.61 Å². The summed E-state index contributed by atoms with van der Waals surface area (Å²) in [6, 6.07) is -0.432. The number of carbonyl (C=O) groups is 1. The molecule has 4 N–H and O–H groups in total. The zero-order valence-corrected chi connectivity index (χ0v) is 9.11. The van der Waals surface area contributed by atoms with Crippen LogP contribution in [0.25, 0.3) is 0 Å². The van der Waals surface area contributed by atoms with Gasteiger partial charge in [-0.15, -0.1) is 0 Å². The fourth-order valence-corrected chi connectivity index (χ4v) is 1.58. The van der Waals surface area contributed by atoms with E-state index in [1.165, 1.54) is 0 Å². The van der Waals surface area contributed by atoms with Gasteiger partial charge in [-0.2, -0.15) is 0 Å². The average molecular weight is 216 g/mol. The molecule has 5 heteroatoms. The van der Waals surface area contributed by atoms with Crippen molar-refractivity contribution in [1.82, 2.24) is 5.32 Å². The van der Waals surface area contributed by atoms with Gasteiger partial charge in [0.25, 0.3) is 0 Å². The van der Waals surface area contributed by atoms with Gasteiger partial charge in [0.2, 0.25) is 0 Å². The summed E-state index contributed by atoms with van der Waals surface area (Å²) in [5.74, 6) is -0.803. The zero-order chi connectivity index (χ0) is 11.3. The molecule has 88 valence electrons. The molecular formula is C10H20N2O3. The molecule has 1 rings (SSSR count). The molecule has 1 aliphatic rings. The molecule has 0 saturated carbocycles. The van der Waals surface area contributed by atoms with Crippen LogP contribution in [-0.4, -0.2) is 36.0 Å². The molecule has 3 atom stereocenters. The summed E-state index contributed by atoms with van der Waals surface area (Å²) < 4.78 is 5.52. The van der Waals surface area contributed by atoms with Crippen molar-refractivity contribution in [3.05, 3.63) is 0 Å². The predicted molar refractivity (Wildman–Crippen MR) is 56.4 cm³/mol. The first-order chi connectivity index (χ1) is 7.13. The fraction of sp³-hybridized carbons (Fsp3) is 0.900. The van der Waals surface area contributed by atoms with E-state index >= 15 is 0 Å². The van der Waals surface area contributed by atoms with Gasteiger partial charge in [-0.3, -0.25) is 10.1 Å². The van der Waals surface area contributed by atoms with Gasteiger partial charge in [-0.05, 0) is 25.7 Å². The molecule has 1 saturated heterocycles. The molecule has 0 aromatic carbocycles. The number of rotatable bonds is 5. The van der Waals surface area contributed by atoms with Crippen LogP contribution in [0.15, 0.2) is 0 Å². The smallest absolute Gasteiger partial charge is 0.320 e. The summed E-state index contributed by atoms with van der Waals surface area (Å²) in [5.41, 5.74) is 5.72. The summed E-state index contributed by atoms with van der Waals surface area (Å²) in [4.78, 5) is 10.8. The highest BCUT2D eigenvalue weighted by Gasteiger charge is 2.26. The van der Waals surface area contributed by atoms with E-state index in [-0.39, 0.29) is 12.3 Å². The molecule has 0 amide bonds. The summed E-state index contributed by atoms with van der Waals surface area (Å²) >= 11 is 0. The van der Waals surface area contributed by atoms with Gasteiger partial charge in [0.1, 0.15) is 12.3 Å². The minimum absolute atomic E-state index is 0.0389. The van der Waals surface area contributed by atoms with E-state index in [9.17, 15) is 4.79 Å². The molecule has 0 aliphatic carbocycles. The molecule has 1 aliphatic heterocycles. The third-order valence-electron chi connectivity index (χ3n) is 2.68. The lowest BCUT2D eigenvalue weighted by Crippen LogP contribution is -2.48. The minimum atomic E-state index is -0.803. The van der Waals surface area contributed by atoms with Crippen molar-refractivity contribution in [3.63, 3.8) is 0 Å². The molecule has 0 aromatic heterocycles. The number of nitrogens with one attached hydrogen (secondary N) is 1. The second-order valence-electron chi connectivity index (χ2n) is 3.98. The van der Waals surface area contributed by atoms with Crippen molar-refractivity contribution in [2.75, 3.05) is 6.61 Å². The van der Waals surface area contributed by atoms with Gasteiger partial charge >= 0.3 is 5.97 Å². The molecule has 0 aromatic rings. The van der Waals surface area contributed by atoms with Crippen LogP contribution in [0.5, 0.6) is 0 Å². The van der Waals surface area contributed by atoms with Crippen LogP contribution in [0.1, 0.15) is 32.6 Å². The third kappa shape index (κ3) is 4.15. The predicted octanol–water partition coefficient (Wildman–Crippen LogP) is 0.293. The lowest BCUT2D eigenvalue weighted by molar-refractivity contribution is -0.142. The summed E-state index contributed by atoms with van der Waals surface area (Å²) in [5, 5.41) is 11.8. The maximum absolute atomic E-state index is 10.8. The van der Waals surface area contributed by atoms with Crippen molar-refractivity contribution in [1.29, 1.82) is 0 Å². The average Bonchev–Trinajstić information content (AvgIpc) is 2.26. The van der Waals surface area contributed by atoms with E-state index < -0.39 is 12.0 Å². The van der Waals surface area contributed by atoms with E-state index in [0.717, 1.165) is 19.3 Å². The van der Waals surface area contributed by atoms with Gasteiger partial charge in [0.15, 0.2) is 0 Å². The summed E-state index contributed by atoms with van der Waals surface area (Å²) in [6.07, 6.45) is 3.14. The van der Waals surface area contributed by atoms with Gasteiger partial charge in [0, 0.05) is 6.04 Å². The zero-order valence-electron chi connectivity index (χ0n) is 9.11. The third-order valence-corrected chi connectivity index (χ3v) is 2.68. The minimum Gasteiger partial charge on any atom is -0.480 e. The topological polar surface area (TPSA) is 84.6 Å². The second kappa shape index (κ2) is 6.05. The van der Waals surface area contributed by atoms with Crippen LogP contribution >= 0.6 is 0 Å². The first kappa shape index (κ1) is 12.4. The number of nitrogens with two attached hydrogens (primary N) is 1. The van der Waals surface area contributed by atoms with Crippen LogP contribution in [0.2, 0.25) is 0 Å². The van der Waals surface area contributed by atoms with Crippen LogP contribution in [0.3, 0.4) is 0 Å². The molecule has 3 unspecified atom stereocenters. The maximum Gasteiger partial charge on any atom is 0.320 e. The quantitative estimate of drug-likeness (QED) is 0.615. The molecule has 0 bridgehead atoms. The molecule has 5 nitrogen and oxygen atoms in total. The Morgan fingerprint density at radius 2 is 2.40 bits per heavy atom. The van der Waals surface area contributed by atoms with Crippen molar-refractivity contribution >= 4 is 5.97 Å². The van der Waals surface area contributed by atoms with Gasteiger partial charge < -0.3 is 15.6 Å². The second-order valence-corrected chi connectivity index (χ2v) is 3.98. The Kier molecular flexibility index (Phi) is 5.01. The lowest BCUT2D eigenvalue weighted by atomic mass is 10.0. The van der Waals surface area contributed by atoms with Gasteiger partial charge in [-0.25, -0.2) is 0 Å². The normalized spacial score (nSPS) is 28.7. The van der Waals surface area contributed by atoms with Crippen molar-refractivity contribution in [2.45, 2.75) is 50.9 Å². The lowest BCUT2D eigenvalue weighted by Gasteiger charge is -2.29. The molecule has 1 fully saturated rings. The van der Waals surface area contributed by atoms with E-state index in [1.54, 1.807) is 0 Å². The van der Waals surface area contributed by atoms with Crippen molar-refractivity contribution in [2.24, 2.45) is 5.73 Å². The highest BCUT2D eigenvalue weighted by molar-refractivity contribution is 5.73. The Bertz CT molecular complexity index is 211. The van der Waals surface area contributed by atoms with Gasteiger partial charge in [-0.1, -0.05) is 6.92 Å². The monoisotopic (exact) mass is 216 g/mol. The number of piperidine rings is 1. The summed E-state index contributed by atoms with van der Waals surface area (Å²) in [7, 11) is 0. The number of hydrogen-bond acceptors (Lipinski definition) is 4. The number of hydrogen-bond donors (Lipinski definition) is 3. The molecule has 1 heterocycles. The molecular weight excluding hydrogens is 196 g/mol. The van der Waals surface area contributed by atoms with Crippen LogP contribution in [0.4, 0.5) is 0 Å². The Labute approximate surface area is 90.0 Å². The highest BCUT2D eigenvalue weighted by Crippen LogP contribution is 2.14. The van der Waals surface area contributed by atoms with Crippen molar-refractivity contribution < 1.29 is 14.6 Å². The number of carboxylic acids is 1. The van der Waals surface area contributed by atoms with Crippen molar-refractivity contribution in [3.8, 4) is 0 Å². The van der Waals surface area contributed by atoms with Crippen LogP contribution < -0.4 is 11.1 Å². The van der Waals surface area contributed by atoms with E-state index in [4.69, 9.17) is 15.6 Å². The first-order valence-electron chi connectivity index (χ1n) is 5.49. The fourth-order valence-electron chi connectivity index (χ4n) is 1.58. The first-order valence-corrected chi connectivity index (χ1v) is 5.49. The molecule has 0 spiro atoms. The molecule has 0 radical (unpaired) electrons. The van der Waals surface area contributed by atoms with Crippen LogP contribution in [0, 0.1) is 0 Å². The largest absolute Gasteiger partial charge is 0.480 e. The van der Waals surface area contributed by atoms with Crippen LogP contribution in [-0.2, 0) is 9.53 Å². The Morgan fingerprint density at radius 3 is 3.00 bits per heavy atom. The van der Waals surface area contributed by atoms with E-state index in [1.807, 2.05) is 6.92 Å². The summed E-state index contributed by atoms with van der Waals surface area (Å²) in [6.45, 7) is 2.49. The number of carboxylic acid groups (broad SMARTS) is 1. The standard InChI is InChI=1S/C10H20N2O3/c1-2-7(11)6-15-9-5-3-4-8(12-9)10(13)14/h7-9,12H,2-6,11H2,1H3,(H,13,14). The SMILES string of the molecule is CCC(N)COC1CCCC(C(=O)O)N1. The number of ether oxygens (including phenoxy) is 1. The Hall–Kier alpha value is -0.650. The Morgan fingerprint density at radius 1 is 1.67 bits per heavy atom. The molecule has 15 heavy (non-hydrogen) atoms. The Balaban J connectivity index is 2.27. The van der Waals surface area contributed by atoms with E-state index in [2.05, 4.69) is 5.32 Å². The van der Waals surface area contributed by atoms with E-state index in [0.29, 0.717) is 13.0 Å². The highest BCUT2D eigenvalue weighted by atomic mass is 16.5.